The van der Waals surface area contributed by atoms with Gasteiger partial charge in [-0.1, -0.05) is 44.0 Å². The van der Waals surface area contributed by atoms with Crippen LogP contribution in [-0.4, -0.2) is 17.1 Å². The van der Waals surface area contributed by atoms with E-state index in [1.165, 1.54) is 19.3 Å². The molecule has 3 heteroatoms. The number of hydrogen-bond donors (Lipinski definition) is 1. The van der Waals surface area contributed by atoms with E-state index in [4.69, 9.17) is 5.11 Å². The molecule has 0 aliphatic heterocycles. The monoisotopic (exact) mass is 301 g/mol. The zero-order valence-corrected chi connectivity index (χ0v) is 13.3. The number of hydrogen-bond acceptors (Lipinski definition) is 2. The van der Waals surface area contributed by atoms with E-state index in [0.717, 1.165) is 31.4 Å². The van der Waals surface area contributed by atoms with Gasteiger partial charge in [0.25, 0.3) is 0 Å². The van der Waals surface area contributed by atoms with Crippen molar-refractivity contribution >= 4 is 11.6 Å². The average molecular weight is 301 g/mol. The second kappa shape index (κ2) is 8.62. The normalized spacial score (nSPS) is 15.5. The third-order valence-corrected chi connectivity index (χ3v) is 4.35. The summed E-state index contributed by atoms with van der Waals surface area (Å²) in [5.74, 6) is 0.418. The minimum absolute atomic E-state index is 0.208. The van der Waals surface area contributed by atoms with Gasteiger partial charge < -0.3 is 10.0 Å². The molecule has 1 fully saturated rings. The molecule has 1 aromatic rings. The second-order valence-electron chi connectivity index (χ2n) is 6.16. The highest BCUT2D eigenvalue weighted by atomic mass is 16.3. The molecule has 1 aromatic carbocycles. The topological polar surface area (TPSA) is 40.5 Å². The lowest BCUT2D eigenvalue weighted by Crippen LogP contribution is -2.41. The molecule has 1 saturated carbocycles. The van der Waals surface area contributed by atoms with Crippen molar-refractivity contribution in [2.45, 2.75) is 63.8 Å². The number of para-hydroxylation sites is 1. The zero-order valence-electron chi connectivity index (χ0n) is 13.3. The van der Waals surface area contributed by atoms with Gasteiger partial charge in [0.2, 0.25) is 5.91 Å². The van der Waals surface area contributed by atoms with Crippen molar-refractivity contribution in [3.8, 4) is 0 Å². The maximum absolute atomic E-state index is 12.7. The lowest BCUT2D eigenvalue weighted by molar-refractivity contribution is -0.119. The van der Waals surface area contributed by atoms with Crippen LogP contribution in [0.3, 0.4) is 0 Å². The highest BCUT2D eigenvalue weighted by molar-refractivity contribution is 5.93. The first-order valence-electron chi connectivity index (χ1n) is 8.42. The van der Waals surface area contributed by atoms with Gasteiger partial charge in [-0.2, -0.15) is 0 Å². The smallest absolute Gasteiger partial charge is 0.227 e. The van der Waals surface area contributed by atoms with Crippen LogP contribution in [0.5, 0.6) is 0 Å². The fraction of sp³-hybridized carbons (Fsp3) is 0.526. The Labute approximate surface area is 133 Å². The predicted molar refractivity (Wildman–Crippen MR) is 91.0 cm³/mol. The van der Waals surface area contributed by atoms with Gasteiger partial charge in [0.1, 0.15) is 0 Å². The van der Waals surface area contributed by atoms with Crippen molar-refractivity contribution in [1.82, 2.24) is 0 Å². The van der Waals surface area contributed by atoms with Crippen LogP contribution >= 0.6 is 0 Å². The number of aliphatic hydroxyl groups is 1. The van der Waals surface area contributed by atoms with Gasteiger partial charge in [-0.05, 0) is 37.8 Å². The number of rotatable bonds is 7. The minimum Gasteiger partial charge on any atom is -0.513 e. The van der Waals surface area contributed by atoms with E-state index in [0.29, 0.717) is 18.9 Å². The molecular weight excluding hydrogens is 274 g/mol. The molecule has 0 radical (unpaired) electrons. The molecule has 0 aromatic heterocycles. The van der Waals surface area contributed by atoms with Gasteiger partial charge >= 0.3 is 0 Å². The predicted octanol–water partition coefficient (Wildman–Crippen LogP) is 4.98. The van der Waals surface area contributed by atoms with Crippen LogP contribution in [0.15, 0.2) is 42.7 Å². The Kier molecular flexibility index (Phi) is 6.50. The number of carbonyl (C=O) groups excluding carboxylic acids is 1. The van der Waals surface area contributed by atoms with Crippen LogP contribution in [0.25, 0.3) is 0 Å². The Morgan fingerprint density at radius 2 is 1.73 bits per heavy atom. The van der Waals surface area contributed by atoms with Crippen LogP contribution in [0.1, 0.15) is 57.8 Å². The molecule has 120 valence electrons. The maximum Gasteiger partial charge on any atom is 0.227 e. The summed E-state index contributed by atoms with van der Waals surface area (Å²) >= 11 is 0. The van der Waals surface area contributed by atoms with Crippen molar-refractivity contribution < 1.29 is 9.90 Å². The summed E-state index contributed by atoms with van der Waals surface area (Å²) in [5.41, 5.74) is 1.02. The van der Waals surface area contributed by atoms with E-state index in [9.17, 15) is 4.79 Å². The number of amides is 1. The van der Waals surface area contributed by atoms with Crippen molar-refractivity contribution in [2.24, 2.45) is 0 Å². The number of carbonyl (C=O) groups is 1. The van der Waals surface area contributed by atoms with Gasteiger partial charge in [0.05, 0.1) is 5.76 Å². The molecule has 0 bridgehead atoms. The summed E-state index contributed by atoms with van der Waals surface area (Å²) < 4.78 is 0. The number of allylic oxidation sites excluding steroid dienone is 1. The van der Waals surface area contributed by atoms with Crippen LogP contribution in [-0.2, 0) is 4.79 Å². The van der Waals surface area contributed by atoms with Gasteiger partial charge in [0, 0.05) is 24.6 Å². The molecule has 1 aliphatic rings. The third kappa shape index (κ3) is 4.90. The Hall–Kier alpha value is -1.77. The van der Waals surface area contributed by atoms with Gasteiger partial charge in [-0.15, -0.1) is 0 Å². The molecule has 1 amide bonds. The standard InChI is InChI=1S/C19H27NO2/c1-16(21)10-8-9-15-19(22)20(17-11-4-2-5-12-17)18-13-6-3-7-14-18/h2,4-5,11-12,18,21H,1,3,6-10,13-15H2. The molecule has 0 heterocycles. The van der Waals surface area contributed by atoms with Gasteiger partial charge in [0.15, 0.2) is 0 Å². The summed E-state index contributed by atoms with van der Waals surface area (Å²) in [5, 5.41) is 9.12. The highest BCUT2D eigenvalue weighted by Crippen LogP contribution is 2.28. The summed E-state index contributed by atoms with van der Waals surface area (Å²) in [7, 11) is 0. The second-order valence-corrected chi connectivity index (χ2v) is 6.16. The summed E-state index contributed by atoms with van der Waals surface area (Å²) in [6.07, 6.45) is 8.66. The number of unbranched alkanes of at least 4 members (excludes halogenated alkanes) is 1. The van der Waals surface area contributed by atoms with E-state index in [2.05, 4.69) is 6.58 Å². The number of aliphatic hydroxyl groups excluding tert-OH is 1. The summed E-state index contributed by atoms with van der Waals surface area (Å²) in [4.78, 5) is 14.7. The molecule has 1 N–H and O–H groups in total. The molecule has 2 rings (SSSR count). The van der Waals surface area contributed by atoms with Gasteiger partial charge in [-0.25, -0.2) is 0 Å². The van der Waals surface area contributed by atoms with E-state index in [1.54, 1.807) is 0 Å². The van der Waals surface area contributed by atoms with E-state index in [1.807, 2.05) is 35.2 Å². The number of benzene rings is 1. The van der Waals surface area contributed by atoms with Gasteiger partial charge in [-0.3, -0.25) is 4.79 Å². The van der Waals surface area contributed by atoms with Crippen molar-refractivity contribution in [3.63, 3.8) is 0 Å². The van der Waals surface area contributed by atoms with Crippen LogP contribution in [0.2, 0.25) is 0 Å². The average Bonchev–Trinajstić information content (AvgIpc) is 2.54. The Balaban J connectivity index is 2.00. The molecule has 0 spiro atoms. The molecule has 0 unspecified atom stereocenters. The molecule has 0 saturated heterocycles. The molecule has 3 nitrogen and oxygen atoms in total. The maximum atomic E-state index is 12.7. The van der Waals surface area contributed by atoms with E-state index >= 15 is 0 Å². The highest BCUT2D eigenvalue weighted by Gasteiger charge is 2.26. The van der Waals surface area contributed by atoms with Crippen LogP contribution in [0, 0.1) is 0 Å². The van der Waals surface area contributed by atoms with Crippen molar-refractivity contribution in [3.05, 3.63) is 42.7 Å². The Bertz CT molecular complexity index is 477. The fourth-order valence-corrected chi connectivity index (χ4v) is 3.21. The third-order valence-electron chi connectivity index (χ3n) is 4.35. The first-order chi connectivity index (χ1) is 10.7. The molecule has 1 aliphatic carbocycles. The quantitative estimate of drug-likeness (QED) is 0.569. The molecule has 0 atom stereocenters. The minimum atomic E-state index is 0.208. The fourth-order valence-electron chi connectivity index (χ4n) is 3.21. The number of nitrogens with zero attached hydrogens (tertiary/aromatic N) is 1. The van der Waals surface area contributed by atoms with E-state index < -0.39 is 0 Å². The molecular formula is C19H27NO2. The zero-order chi connectivity index (χ0) is 15.8. The lowest BCUT2D eigenvalue weighted by Gasteiger charge is -2.34. The van der Waals surface area contributed by atoms with Crippen LogP contribution in [0.4, 0.5) is 5.69 Å². The lowest BCUT2D eigenvalue weighted by atomic mass is 9.93. The first-order valence-corrected chi connectivity index (χ1v) is 8.42. The van der Waals surface area contributed by atoms with Crippen molar-refractivity contribution in [2.75, 3.05) is 4.90 Å². The van der Waals surface area contributed by atoms with E-state index in [-0.39, 0.29) is 11.7 Å². The Morgan fingerprint density at radius 3 is 2.36 bits per heavy atom. The largest absolute Gasteiger partial charge is 0.513 e. The Morgan fingerprint density at radius 1 is 1.09 bits per heavy atom. The summed E-state index contributed by atoms with van der Waals surface area (Å²) in [6.45, 7) is 3.49. The molecule has 22 heavy (non-hydrogen) atoms. The SMILES string of the molecule is C=C(O)CCCCC(=O)N(c1ccccc1)C1CCCCC1. The van der Waals surface area contributed by atoms with Crippen LogP contribution < -0.4 is 4.90 Å². The summed E-state index contributed by atoms with van der Waals surface area (Å²) in [6, 6.07) is 10.4. The first kappa shape index (κ1) is 16.6. The number of anilines is 1. The van der Waals surface area contributed by atoms with Crippen molar-refractivity contribution in [1.29, 1.82) is 0 Å².